The number of halogens is 2. The number of rotatable bonds is 4. The van der Waals surface area contributed by atoms with Crippen molar-refractivity contribution in [1.82, 2.24) is 5.32 Å². The fourth-order valence-electron chi connectivity index (χ4n) is 2.36. The van der Waals surface area contributed by atoms with Gasteiger partial charge in [0.1, 0.15) is 11.6 Å². The summed E-state index contributed by atoms with van der Waals surface area (Å²) in [6, 6.07) is 3.31. The van der Waals surface area contributed by atoms with E-state index in [9.17, 15) is 13.6 Å². The molecule has 20 heavy (non-hydrogen) atoms. The van der Waals surface area contributed by atoms with Gasteiger partial charge in [0.15, 0.2) is 0 Å². The number of nitrogens with one attached hydrogen (secondary N) is 1. The van der Waals surface area contributed by atoms with Crippen molar-refractivity contribution in [3.05, 3.63) is 47.5 Å². The minimum absolute atomic E-state index is 0.000958. The molecule has 3 unspecified atom stereocenters. The van der Waals surface area contributed by atoms with E-state index in [1.54, 1.807) is 19.1 Å². The lowest BCUT2D eigenvalue weighted by atomic mass is 10.0. The second-order valence-electron chi connectivity index (χ2n) is 5.20. The van der Waals surface area contributed by atoms with E-state index in [1.165, 1.54) is 18.2 Å². The summed E-state index contributed by atoms with van der Waals surface area (Å²) in [5.74, 6) is -1.58. The molecule has 0 aliphatic heterocycles. The maximum atomic E-state index is 13.5. The Bertz CT molecular complexity index is 510. The minimum atomic E-state index is -0.589. The van der Waals surface area contributed by atoms with Gasteiger partial charge in [0.2, 0.25) is 5.91 Å². The molecule has 0 radical (unpaired) electrons. The normalized spacial score (nSPS) is 22.8. The van der Waals surface area contributed by atoms with Crippen molar-refractivity contribution in [2.75, 3.05) is 0 Å². The largest absolute Gasteiger partial charge is 0.353 e. The zero-order chi connectivity index (χ0) is 14.7. The first-order chi connectivity index (χ1) is 9.47. The number of amides is 1. The first-order valence-corrected chi connectivity index (χ1v) is 6.64. The predicted molar refractivity (Wildman–Crippen MR) is 72.9 cm³/mol. The predicted octanol–water partition coefficient (Wildman–Crippen LogP) is 1.92. The van der Waals surface area contributed by atoms with Crippen LogP contribution in [0.5, 0.6) is 0 Å². The average Bonchev–Trinajstić information content (AvgIpc) is 2.81. The summed E-state index contributed by atoms with van der Waals surface area (Å²) in [6.45, 7) is 1.72. The van der Waals surface area contributed by atoms with Crippen molar-refractivity contribution in [2.24, 2.45) is 11.7 Å². The summed E-state index contributed by atoms with van der Waals surface area (Å²) in [4.78, 5) is 12.0. The van der Waals surface area contributed by atoms with Crippen molar-refractivity contribution < 1.29 is 13.6 Å². The van der Waals surface area contributed by atoms with E-state index in [2.05, 4.69) is 5.32 Å². The highest BCUT2D eigenvalue weighted by Crippen LogP contribution is 2.18. The molecule has 0 heterocycles. The molecule has 0 fully saturated rings. The number of hydrogen-bond donors (Lipinski definition) is 2. The van der Waals surface area contributed by atoms with Crippen LogP contribution in [0.1, 0.15) is 18.9 Å². The molecule has 5 heteroatoms. The molecule has 1 aliphatic carbocycles. The highest BCUT2D eigenvalue weighted by molar-refractivity contribution is 5.81. The van der Waals surface area contributed by atoms with Gasteiger partial charge >= 0.3 is 0 Å². The molecule has 3 atom stereocenters. The SMILES string of the molecule is CC(Cc1c(F)cccc1F)NC(=O)C1C=CC(N)C1. The quantitative estimate of drug-likeness (QED) is 0.828. The van der Waals surface area contributed by atoms with Gasteiger partial charge in [-0.25, -0.2) is 8.78 Å². The van der Waals surface area contributed by atoms with E-state index in [-0.39, 0.29) is 35.9 Å². The first-order valence-electron chi connectivity index (χ1n) is 6.64. The van der Waals surface area contributed by atoms with Gasteiger partial charge in [0.05, 0.1) is 5.92 Å². The van der Waals surface area contributed by atoms with Gasteiger partial charge < -0.3 is 11.1 Å². The van der Waals surface area contributed by atoms with E-state index in [4.69, 9.17) is 5.73 Å². The molecular formula is C15H18F2N2O. The monoisotopic (exact) mass is 280 g/mol. The van der Waals surface area contributed by atoms with Crippen LogP contribution in [0.4, 0.5) is 8.78 Å². The van der Waals surface area contributed by atoms with Gasteiger partial charge in [0.25, 0.3) is 0 Å². The van der Waals surface area contributed by atoms with Crippen LogP contribution < -0.4 is 11.1 Å². The van der Waals surface area contributed by atoms with E-state index in [0.717, 1.165) is 0 Å². The highest BCUT2D eigenvalue weighted by atomic mass is 19.1. The maximum absolute atomic E-state index is 13.5. The Labute approximate surface area is 116 Å². The third kappa shape index (κ3) is 3.42. The summed E-state index contributed by atoms with van der Waals surface area (Å²) < 4.78 is 27.0. The summed E-state index contributed by atoms with van der Waals surface area (Å²) in [5, 5.41) is 2.77. The van der Waals surface area contributed by atoms with E-state index in [0.29, 0.717) is 6.42 Å². The number of carbonyl (C=O) groups is 1. The zero-order valence-corrected chi connectivity index (χ0v) is 11.3. The molecular weight excluding hydrogens is 262 g/mol. The third-order valence-corrected chi connectivity index (χ3v) is 3.41. The molecule has 0 saturated heterocycles. The van der Waals surface area contributed by atoms with Crippen LogP contribution in [0.15, 0.2) is 30.4 Å². The molecule has 0 saturated carbocycles. The smallest absolute Gasteiger partial charge is 0.227 e. The second-order valence-corrected chi connectivity index (χ2v) is 5.20. The Hall–Kier alpha value is -1.75. The van der Waals surface area contributed by atoms with E-state index >= 15 is 0 Å². The molecule has 0 aromatic heterocycles. The average molecular weight is 280 g/mol. The number of hydrogen-bond acceptors (Lipinski definition) is 2. The number of nitrogens with two attached hydrogens (primary N) is 1. The molecule has 108 valence electrons. The van der Waals surface area contributed by atoms with Crippen LogP contribution in [0.3, 0.4) is 0 Å². The molecule has 1 aromatic rings. The Morgan fingerprint density at radius 1 is 1.40 bits per heavy atom. The lowest BCUT2D eigenvalue weighted by Crippen LogP contribution is -2.38. The van der Waals surface area contributed by atoms with Crippen molar-refractivity contribution in [3.63, 3.8) is 0 Å². The topological polar surface area (TPSA) is 55.1 Å². The molecule has 1 aliphatic rings. The first kappa shape index (κ1) is 14.7. The van der Waals surface area contributed by atoms with E-state index in [1.807, 2.05) is 0 Å². The van der Waals surface area contributed by atoms with Crippen LogP contribution in [0, 0.1) is 17.6 Å². The molecule has 0 spiro atoms. The fourth-order valence-corrected chi connectivity index (χ4v) is 2.36. The molecule has 3 nitrogen and oxygen atoms in total. The fraction of sp³-hybridized carbons (Fsp3) is 0.400. The Morgan fingerprint density at radius 3 is 2.60 bits per heavy atom. The van der Waals surface area contributed by atoms with Crippen LogP contribution in [0.2, 0.25) is 0 Å². The van der Waals surface area contributed by atoms with Crippen LogP contribution in [0.25, 0.3) is 0 Å². The summed E-state index contributed by atoms with van der Waals surface area (Å²) in [5.41, 5.74) is 5.69. The Kier molecular flexibility index (Phi) is 4.49. The molecule has 0 bridgehead atoms. The Morgan fingerprint density at radius 2 is 2.05 bits per heavy atom. The third-order valence-electron chi connectivity index (χ3n) is 3.41. The van der Waals surface area contributed by atoms with Gasteiger partial charge in [-0.05, 0) is 31.9 Å². The van der Waals surface area contributed by atoms with Crippen molar-refractivity contribution in [3.8, 4) is 0 Å². The maximum Gasteiger partial charge on any atom is 0.227 e. The Balaban J connectivity index is 1.94. The molecule has 3 N–H and O–H groups in total. The number of carbonyl (C=O) groups excluding carboxylic acids is 1. The lowest BCUT2D eigenvalue weighted by Gasteiger charge is -2.17. The number of benzene rings is 1. The van der Waals surface area contributed by atoms with Gasteiger partial charge in [-0.1, -0.05) is 18.2 Å². The van der Waals surface area contributed by atoms with Crippen LogP contribution in [-0.2, 0) is 11.2 Å². The summed E-state index contributed by atoms with van der Waals surface area (Å²) >= 11 is 0. The minimum Gasteiger partial charge on any atom is -0.353 e. The standard InChI is InChI=1S/C15H18F2N2O/c1-9(7-12-13(16)3-2-4-14(12)17)19-15(20)10-5-6-11(18)8-10/h2-6,9-11H,7-8,18H2,1H3,(H,19,20). The summed E-state index contributed by atoms with van der Waals surface area (Å²) in [7, 11) is 0. The summed E-state index contributed by atoms with van der Waals surface area (Å²) in [6.07, 6.45) is 4.27. The molecule has 1 amide bonds. The van der Waals surface area contributed by atoms with Crippen LogP contribution in [-0.4, -0.2) is 18.0 Å². The van der Waals surface area contributed by atoms with Crippen LogP contribution >= 0.6 is 0 Å². The van der Waals surface area contributed by atoms with E-state index < -0.39 is 11.6 Å². The second kappa shape index (κ2) is 6.13. The van der Waals surface area contributed by atoms with Crippen molar-refractivity contribution >= 4 is 5.91 Å². The van der Waals surface area contributed by atoms with Gasteiger partial charge in [-0.2, -0.15) is 0 Å². The van der Waals surface area contributed by atoms with Crippen molar-refractivity contribution in [1.29, 1.82) is 0 Å². The van der Waals surface area contributed by atoms with Gasteiger partial charge in [0, 0.05) is 17.6 Å². The molecule has 2 rings (SSSR count). The van der Waals surface area contributed by atoms with Gasteiger partial charge in [-0.3, -0.25) is 4.79 Å². The van der Waals surface area contributed by atoms with Crippen molar-refractivity contribution in [2.45, 2.75) is 31.8 Å². The molecule has 1 aromatic carbocycles. The zero-order valence-electron chi connectivity index (χ0n) is 11.3. The lowest BCUT2D eigenvalue weighted by molar-refractivity contribution is -0.124. The highest BCUT2D eigenvalue weighted by Gasteiger charge is 2.24. The van der Waals surface area contributed by atoms with Gasteiger partial charge in [-0.15, -0.1) is 0 Å².